The summed E-state index contributed by atoms with van der Waals surface area (Å²) < 4.78 is 27.2. The second kappa shape index (κ2) is 4.93. The zero-order chi connectivity index (χ0) is 14.0. The molecule has 3 N–H and O–H groups in total. The van der Waals surface area contributed by atoms with Crippen LogP contribution in [0.25, 0.3) is 0 Å². The molecule has 2 aromatic carbocycles. The molecule has 0 atom stereocenters. The maximum absolute atomic E-state index is 12.3. The van der Waals surface area contributed by atoms with Gasteiger partial charge in [0.05, 0.1) is 10.6 Å². The van der Waals surface area contributed by atoms with Crippen molar-refractivity contribution in [3.63, 3.8) is 0 Å². The Kier molecular flexibility index (Phi) is 3.48. The van der Waals surface area contributed by atoms with Crippen molar-refractivity contribution in [2.24, 2.45) is 0 Å². The average molecular weight is 276 g/mol. The van der Waals surface area contributed by atoms with Crippen molar-refractivity contribution in [3.05, 3.63) is 53.6 Å². The van der Waals surface area contributed by atoms with Crippen molar-refractivity contribution >= 4 is 21.4 Å². The minimum atomic E-state index is -3.58. The Hall–Kier alpha value is -2.01. The summed E-state index contributed by atoms with van der Waals surface area (Å²) >= 11 is 0. The minimum Gasteiger partial charge on any atom is -0.399 e. The summed E-state index contributed by atoms with van der Waals surface area (Å²) in [5.74, 6) is 0. The lowest BCUT2D eigenvalue weighted by molar-refractivity contribution is 0.601. The highest BCUT2D eigenvalue weighted by Crippen LogP contribution is 2.23. The fourth-order valence-electron chi connectivity index (χ4n) is 1.82. The van der Waals surface area contributed by atoms with E-state index in [1.165, 1.54) is 12.1 Å². The molecule has 4 nitrogen and oxygen atoms in total. The number of nitrogens with two attached hydrogens (primary N) is 1. The molecular weight excluding hydrogens is 260 g/mol. The molecule has 0 aliphatic carbocycles. The van der Waals surface area contributed by atoms with Gasteiger partial charge >= 0.3 is 0 Å². The molecule has 0 radical (unpaired) electrons. The van der Waals surface area contributed by atoms with Gasteiger partial charge in [-0.15, -0.1) is 0 Å². The molecule has 0 unspecified atom stereocenters. The minimum absolute atomic E-state index is 0.198. The fraction of sp³-hybridized carbons (Fsp3) is 0.143. The Bertz CT molecular complexity index is 672. The van der Waals surface area contributed by atoms with E-state index in [9.17, 15) is 8.42 Å². The van der Waals surface area contributed by atoms with Crippen LogP contribution in [0.2, 0.25) is 0 Å². The predicted molar refractivity (Wildman–Crippen MR) is 77.6 cm³/mol. The van der Waals surface area contributed by atoms with E-state index in [1.807, 2.05) is 32.0 Å². The zero-order valence-corrected chi connectivity index (χ0v) is 11.7. The molecule has 0 heterocycles. The first-order valence-corrected chi connectivity index (χ1v) is 7.33. The number of hydrogen-bond donors (Lipinski definition) is 2. The third-order valence-corrected chi connectivity index (χ3v) is 4.27. The molecule has 0 saturated carbocycles. The third-order valence-electron chi connectivity index (χ3n) is 2.91. The first-order chi connectivity index (χ1) is 8.90. The Morgan fingerprint density at radius 1 is 0.947 bits per heavy atom. The maximum Gasteiger partial charge on any atom is 0.261 e. The monoisotopic (exact) mass is 276 g/mol. The Morgan fingerprint density at radius 2 is 1.47 bits per heavy atom. The SMILES string of the molecule is Cc1cccc(C)c1NS(=O)(=O)c1ccc(N)cc1. The van der Waals surface area contributed by atoms with Gasteiger partial charge < -0.3 is 5.73 Å². The van der Waals surface area contributed by atoms with Gasteiger partial charge in [0.1, 0.15) is 0 Å². The molecule has 0 amide bonds. The first-order valence-electron chi connectivity index (χ1n) is 5.85. The highest BCUT2D eigenvalue weighted by molar-refractivity contribution is 7.92. The number of nitrogen functional groups attached to an aromatic ring is 1. The summed E-state index contributed by atoms with van der Waals surface area (Å²) in [5.41, 5.74) is 8.49. The molecular formula is C14H16N2O2S. The molecule has 2 aromatic rings. The van der Waals surface area contributed by atoms with Crippen LogP contribution in [-0.2, 0) is 10.0 Å². The molecule has 0 fully saturated rings. The number of sulfonamides is 1. The van der Waals surface area contributed by atoms with Crippen molar-refractivity contribution in [2.75, 3.05) is 10.5 Å². The second-order valence-electron chi connectivity index (χ2n) is 4.44. The molecule has 0 aliphatic heterocycles. The number of benzene rings is 2. The van der Waals surface area contributed by atoms with Crippen LogP contribution < -0.4 is 10.5 Å². The molecule has 0 aromatic heterocycles. The Balaban J connectivity index is 2.39. The molecule has 0 aliphatic rings. The van der Waals surface area contributed by atoms with Gasteiger partial charge in [-0.25, -0.2) is 8.42 Å². The molecule has 19 heavy (non-hydrogen) atoms. The van der Waals surface area contributed by atoms with Crippen LogP contribution in [0, 0.1) is 13.8 Å². The molecule has 0 spiro atoms. The van der Waals surface area contributed by atoms with Crippen LogP contribution in [-0.4, -0.2) is 8.42 Å². The molecule has 0 saturated heterocycles. The molecule has 2 rings (SSSR count). The number of aryl methyl sites for hydroxylation is 2. The van der Waals surface area contributed by atoms with Crippen LogP contribution in [0.4, 0.5) is 11.4 Å². The van der Waals surface area contributed by atoms with Gasteiger partial charge in [-0.1, -0.05) is 18.2 Å². The van der Waals surface area contributed by atoms with E-state index in [-0.39, 0.29) is 4.90 Å². The smallest absolute Gasteiger partial charge is 0.261 e. The van der Waals surface area contributed by atoms with Gasteiger partial charge in [-0.05, 0) is 49.2 Å². The summed E-state index contributed by atoms with van der Waals surface area (Å²) in [6, 6.07) is 11.8. The van der Waals surface area contributed by atoms with Gasteiger partial charge in [0.2, 0.25) is 0 Å². The topological polar surface area (TPSA) is 72.2 Å². The Labute approximate surface area is 113 Å². The van der Waals surface area contributed by atoms with Gasteiger partial charge in [-0.3, -0.25) is 4.72 Å². The highest BCUT2D eigenvalue weighted by Gasteiger charge is 2.15. The summed E-state index contributed by atoms with van der Waals surface area (Å²) in [6.45, 7) is 3.74. The van der Waals surface area contributed by atoms with E-state index in [1.54, 1.807) is 12.1 Å². The number of rotatable bonds is 3. The van der Waals surface area contributed by atoms with E-state index < -0.39 is 10.0 Å². The normalized spacial score (nSPS) is 11.3. The summed E-state index contributed by atoms with van der Waals surface area (Å²) in [7, 11) is -3.58. The largest absolute Gasteiger partial charge is 0.399 e. The molecule has 100 valence electrons. The number of nitrogens with one attached hydrogen (secondary N) is 1. The van der Waals surface area contributed by atoms with E-state index in [4.69, 9.17) is 5.73 Å². The lowest BCUT2D eigenvalue weighted by atomic mass is 10.1. The van der Waals surface area contributed by atoms with E-state index in [0.29, 0.717) is 11.4 Å². The van der Waals surface area contributed by atoms with Crippen molar-refractivity contribution < 1.29 is 8.42 Å². The summed E-state index contributed by atoms with van der Waals surface area (Å²) in [5, 5.41) is 0. The molecule has 0 bridgehead atoms. The lowest BCUT2D eigenvalue weighted by Gasteiger charge is -2.13. The van der Waals surface area contributed by atoms with Crippen molar-refractivity contribution in [1.82, 2.24) is 0 Å². The van der Waals surface area contributed by atoms with Crippen LogP contribution in [0.3, 0.4) is 0 Å². The van der Waals surface area contributed by atoms with Crippen molar-refractivity contribution in [3.8, 4) is 0 Å². The van der Waals surface area contributed by atoms with Crippen LogP contribution in [0.15, 0.2) is 47.4 Å². The van der Waals surface area contributed by atoms with Crippen LogP contribution in [0.5, 0.6) is 0 Å². The summed E-state index contributed by atoms with van der Waals surface area (Å²) in [6.07, 6.45) is 0. The Morgan fingerprint density at radius 3 is 2.00 bits per heavy atom. The van der Waals surface area contributed by atoms with Gasteiger partial charge in [0.15, 0.2) is 0 Å². The lowest BCUT2D eigenvalue weighted by Crippen LogP contribution is -2.14. The summed E-state index contributed by atoms with van der Waals surface area (Å²) in [4.78, 5) is 0.198. The van der Waals surface area contributed by atoms with Crippen molar-refractivity contribution in [1.29, 1.82) is 0 Å². The van der Waals surface area contributed by atoms with Gasteiger partial charge in [0, 0.05) is 5.69 Å². The van der Waals surface area contributed by atoms with E-state index in [2.05, 4.69) is 4.72 Å². The second-order valence-corrected chi connectivity index (χ2v) is 6.12. The first kappa shape index (κ1) is 13.4. The predicted octanol–water partition coefficient (Wildman–Crippen LogP) is 2.69. The third kappa shape index (κ3) is 2.88. The van der Waals surface area contributed by atoms with Crippen LogP contribution >= 0.6 is 0 Å². The number of para-hydroxylation sites is 1. The van der Waals surface area contributed by atoms with Crippen molar-refractivity contribution in [2.45, 2.75) is 18.7 Å². The zero-order valence-electron chi connectivity index (χ0n) is 10.8. The maximum atomic E-state index is 12.3. The van der Waals surface area contributed by atoms with Gasteiger partial charge in [0.25, 0.3) is 10.0 Å². The van der Waals surface area contributed by atoms with E-state index in [0.717, 1.165) is 11.1 Å². The standard InChI is InChI=1S/C14H16N2O2S/c1-10-4-3-5-11(2)14(10)16-19(17,18)13-8-6-12(15)7-9-13/h3-9,16H,15H2,1-2H3. The fourth-order valence-corrected chi connectivity index (χ4v) is 3.02. The molecule has 5 heteroatoms. The number of anilines is 2. The van der Waals surface area contributed by atoms with Gasteiger partial charge in [-0.2, -0.15) is 0 Å². The average Bonchev–Trinajstić information content (AvgIpc) is 2.35. The highest BCUT2D eigenvalue weighted by atomic mass is 32.2. The number of hydrogen-bond acceptors (Lipinski definition) is 3. The van der Waals surface area contributed by atoms with E-state index >= 15 is 0 Å². The quantitative estimate of drug-likeness (QED) is 0.847. The van der Waals surface area contributed by atoms with Crippen LogP contribution in [0.1, 0.15) is 11.1 Å².